The van der Waals surface area contributed by atoms with Crippen LogP contribution in [0.1, 0.15) is 24.6 Å². The molecule has 4 aromatic rings. The number of benzene rings is 1. The lowest BCUT2D eigenvalue weighted by molar-refractivity contribution is -0.115. The molecule has 7 nitrogen and oxygen atoms in total. The van der Waals surface area contributed by atoms with Crippen molar-refractivity contribution in [1.82, 2.24) is 15.0 Å². The molecule has 0 aliphatic heterocycles. The molecule has 1 amide bonds. The Kier molecular flexibility index (Phi) is 6.59. The van der Waals surface area contributed by atoms with Gasteiger partial charge in [0.25, 0.3) is 0 Å². The number of carbonyl (C=O) groups is 1. The number of aryl methyl sites for hydroxylation is 2. The first-order valence-corrected chi connectivity index (χ1v) is 10.7. The summed E-state index contributed by atoms with van der Waals surface area (Å²) >= 11 is 0. The van der Waals surface area contributed by atoms with E-state index in [1.54, 1.807) is 18.5 Å². The first-order valence-electron chi connectivity index (χ1n) is 10.7. The van der Waals surface area contributed by atoms with Crippen LogP contribution in [-0.2, 0) is 4.79 Å². The smallest absolute Gasteiger partial charge is 0.224 e. The normalized spacial score (nSPS) is 10.5. The van der Waals surface area contributed by atoms with E-state index in [9.17, 15) is 4.79 Å². The van der Waals surface area contributed by atoms with Crippen molar-refractivity contribution in [3.8, 4) is 22.9 Å². The number of pyridine rings is 3. The largest absolute Gasteiger partial charge is 0.455 e. The van der Waals surface area contributed by atoms with Gasteiger partial charge in [0, 0.05) is 41.9 Å². The topological polar surface area (TPSA) is 89.0 Å². The van der Waals surface area contributed by atoms with Gasteiger partial charge in [-0.25, -0.2) is 9.97 Å². The molecule has 0 unspecified atom stereocenters. The van der Waals surface area contributed by atoms with Crippen molar-refractivity contribution in [2.45, 2.75) is 27.2 Å². The Morgan fingerprint density at radius 1 is 0.939 bits per heavy atom. The molecule has 0 fully saturated rings. The molecule has 3 aromatic heterocycles. The molecular formula is C26H25N5O2. The minimum atomic E-state index is -0.0202. The van der Waals surface area contributed by atoms with Crippen molar-refractivity contribution in [2.75, 3.05) is 10.6 Å². The first kappa shape index (κ1) is 22.0. The summed E-state index contributed by atoms with van der Waals surface area (Å²) in [6.45, 7) is 5.79. The van der Waals surface area contributed by atoms with Crippen molar-refractivity contribution in [3.63, 3.8) is 0 Å². The molecule has 1 aromatic carbocycles. The van der Waals surface area contributed by atoms with Crippen molar-refractivity contribution < 1.29 is 9.53 Å². The van der Waals surface area contributed by atoms with Gasteiger partial charge in [-0.1, -0.05) is 13.0 Å². The van der Waals surface area contributed by atoms with Crippen LogP contribution in [0, 0.1) is 13.8 Å². The zero-order valence-corrected chi connectivity index (χ0v) is 18.8. The van der Waals surface area contributed by atoms with Crippen LogP contribution in [0.4, 0.5) is 17.2 Å². The number of carbonyl (C=O) groups excluding carboxylic acids is 1. The molecule has 0 saturated heterocycles. The number of ether oxygens (including phenoxy) is 1. The van der Waals surface area contributed by atoms with Gasteiger partial charge in [0.1, 0.15) is 17.3 Å². The highest BCUT2D eigenvalue weighted by Gasteiger charge is 2.13. The van der Waals surface area contributed by atoms with E-state index < -0.39 is 0 Å². The molecule has 4 rings (SSSR count). The van der Waals surface area contributed by atoms with Crippen LogP contribution >= 0.6 is 0 Å². The van der Waals surface area contributed by atoms with Gasteiger partial charge in [-0.3, -0.25) is 9.78 Å². The van der Waals surface area contributed by atoms with E-state index in [0.717, 1.165) is 28.3 Å². The maximum absolute atomic E-state index is 11.5. The van der Waals surface area contributed by atoms with Crippen LogP contribution in [0.15, 0.2) is 73.1 Å². The minimum Gasteiger partial charge on any atom is -0.455 e. The molecule has 0 saturated carbocycles. The highest BCUT2D eigenvalue weighted by Crippen LogP contribution is 2.33. The molecule has 2 N–H and O–H groups in total. The van der Waals surface area contributed by atoms with E-state index in [2.05, 4.69) is 20.6 Å². The van der Waals surface area contributed by atoms with Crippen LogP contribution < -0.4 is 15.4 Å². The Hall–Kier alpha value is -4.26. The van der Waals surface area contributed by atoms with Gasteiger partial charge in [-0.2, -0.15) is 0 Å². The van der Waals surface area contributed by atoms with Gasteiger partial charge in [0.15, 0.2) is 5.75 Å². The minimum absolute atomic E-state index is 0.0202. The summed E-state index contributed by atoms with van der Waals surface area (Å²) < 4.78 is 6.22. The summed E-state index contributed by atoms with van der Waals surface area (Å²) in [5, 5.41) is 6.09. The summed E-state index contributed by atoms with van der Waals surface area (Å²) in [4.78, 5) is 25.1. The summed E-state index contributed by atoms with van der Waals surface area (Å²) in [7, 11) is 0. The SMILES string of the molecule is CCC(=O)Nc1ccc(Nc2cc(Oc3cc(C)c(C)nc3-c3ccccn3)ccn2)cc1. The fourth-order valence-corrected chi connectivity index (χ4v) is 3.15. The number of nitrogens with zero attached hydrogens (tertiary/aromatic N) is 3. The summed E-state index contributed by atoms with van der Waals surface area (Å²) in [6.07, 6.45) is 3.86. The number of anilines is 3. The Bertz CT molecular complexity index is 1260. The molecule has 33 heavy (non-hydrogen) atoms. The van der Waals surface area contributed by atoms with Crippen molar-refractivity contribution >= 4 is 23.1 Å². The monoisotopic (exact) mass is 439 g/mol. The third-order valence-electron chi connectivity index (χ3n) is 5.06. The van der Waals surface area contributed by atoms with Crippen molar-refractivity contribution in [1.29, 1.82) is 0 Å². The molecule has 0 spiro atoms. The number of hydrogen-bond donors (Lipinski definition) is 2. The third-order valence-corrected chi connectivity index (χ3v) is 5.06. The molecule has 166 valence electrons. The van der Waals surface area contributed by atoms with Crippen LogP contribution in [0.3, 0.4) is 0 Å². The average Bonchev–Trinajstić information content (AvgIpc) is 2.83. The predicted molar refractivity (Wildman–Crippen MR) is 130 cm³/mol. The second-order valence-electron chi connectivity index (χ2n) is 7.54. The summed E-state index contributed by atoms with van der Waals surface area (Å²) in [5.41, 5.74) is 5.00. The van der Waals surface area contributed by atoms with E-state index in [1.165, 1.54) is 0 Å². The quantitative estimate of drug-likeness (QED) is 0.365. The molecule has 0 aliphatic rings. The Morgan fingerprint density at radius 3 is 2.45 bits per heavy atom. The molecule has 0 aliphatic carbocycles. The van der Waals surface area contributed by atoms with Crippen molar-refractivity contribution in [2.24, 2.45) is 0 Å². The molecule has 0 atom stereocenters. The maximum atomic E-state index is 11.5. The zero-order chi connectivity index (χ0) is 23.2. The summed E-state index contributed by atoms with van der Waals surface area (Å²) in [6, 6.07) is 18.8. The third kappa shape index (κ3) is 5.51. The fourth-order valence-electron chi connectivity index (χ4n) is 3.15. The molecule has 7 heteroatoms. The number of hydrogen-bond acceptors (Lipinski definition) is 6. The lowest BCUT2D eigenvalue weighted by Gasteiger charge is -2.14. The van der Waals surface area contributed by atoms with Gasteiger partial charge in [-0.15, -0.1) is 0 Å². The van der Waals surface area contributed by atoms with Crippen molar-refractivity contribution in [3.05, 3.63) is 84.3 Å². The zero-order valence-electron chi connectivity index (χ0n) is 18.8. The second kappa shape index (κ2) is 9.91. The predicted octanol–water partition coefficient (Wildman–Crippen LogP) is 6.04. The van der Waals surface area contributed by atoms with Gasteiger partial charge in [0.05, 0.1) is 5.69 Å². The second-order valence-corrected chi connectivity index (χ2v) is 7.54. The number of aromatic nitrogens is 3. The molecular weight excluding hydrogens is 414 g/mol. The highest BCUT2D eigenvalue weighted by atomic mass is 16.5. The van der Waals surface area contributed by atoms with Crippen LogP contribution in [0.5, 0.6) is 11.5 Å². The molecule has 3 heterocycles. The highest BCUT2D eigenvalue weighted by molar-refractivity contribution is 5.90. The van der Waals surface area contributed by atoms with Gasteiger partial charge >= 0.3 is 0 Å². The maximum Gasteiger partial charge on any atom is 0.224 e. The summed E-state index contributed by atoms with van der Waals surface area (Å²) in [5.74, 6) is 1.87. The van der Waals surface area contributed by atoms with E-state index in [-0.39, 0.29) is 5.91 Å². The van der Waals surface area contributed by atoms with E-state index >= 15 is 0 Å². The van der Waals surface area contributed by atoms with Gasteiger partial charge in [0.2, 0.25) is 5.91 Å². The molecule has 0 bridgehead atoms. The van der Waals surface area contributed by atoms with Crippen LogP contribution in [-0.4, -0.2) is 20.9 Å². The molecule has 0 radical (unpaired) electrons. The average molecular weight is 440 g/mol. The van der Waals surface area contributed by atoms with Gasteiger partial charge in [-0.05, 0) is 67.9 Å². The number of amides is 1. The van der Waals surface area contributed by atoms with E-state index in [0.29, 0.717) is 29.4 Å². The fraction of sp³-hybridized carbons (Fsp3) is 0.154. The first-order chi connectivity index (χ1) is 16.0. The van der Waals surface area contributed by atoms with Gasteiger partial charge < -0.3 is 15.4 Å². The lowest BCUT2D eigenvalue weighted by atomic mass is 10.1. The Morgan fingerprint density at radius 2 is 1.73 bits per heavy atom. The van der Waals surface area contributed by atoms with Crippen LogP contribution in [0.2, 0.25) is 0 Å². The number of rotatable bonds is 7. The van der Waals surface area contributed by atoms with Crippen LogP contribution in [0.25, 0.3) is 11.4 Å². The lowest BCUT2D eigenvalue weighted by Crippen LogP contribution is -2.09. The number of nitrogens with one attached hydrogen (secondary N) is 2. The standard InChI is InChI=1S/C26H25N5O2/c1-4-25(32)31-20-10-8-19(9-11-20)30-24-16-21(12-14-28-24)33-23-15-17(2)18(3)29-26(23)22-7-5-6-13-27-22/h5-16H,4H2,1-3H3,(H,28,30)(H,31,32). The Balaban J connectivity index is 1.55. The Labute approximate surface area is 192 Å². The van der Waals surface area contributed by atoms with E-state index in [1.807, 2.05) is 75.4 Å². The van der Waals surface area contributed by atoms with E-state index in [4.69, 9.17) is 9.72 Å².